The van der Waals surface area contributed by atoms with Gasteiger partial charge in [0.15, 0.2) is 0 Å². The Balaban J connectivity index is 1.43. The number of fused-ring (bicyclic) bond motifs is 1. The molecular formula is C45H55ClF5N3O4. The number of rotatable bonds is 16. The fraction of sp³-hybridized carbons (Fsp3) is 0.511. The summed E-state index contributed by atoms with van der Waals surface area (Å²) in [5.74, 6) is -8.68. The van der Waals surface area contributed by atoms with Crippen LogP contribution in [0.3, 0.4) is 0 Å². The summed E-state index contributed by atoms with van der Waals surface area (Å²) in [6.45, 7) is 8.78. The lowest BCUT2D eigenvalue weighted by atomic mass is 9.69. The second-order valence-electron chi connectivity index (χ2n) is 16.1. The molecule has 0 aliphatic carbocycles. The maximum atomic E-state index is 16.2. The number of allylic oxidation sites excluding steroid dienone is 3. The SMILES string of the molecule is C=C(C)C(F)(F)C1(C(=O)N(C)[C@@H](Cc2cccc3c(-c4c(Cl)cc(CN5CCC(F)(/C=C/C)CC5)cc4OC)cccc23)C(=O)O)CCN(CC(F)(F)CCC)CC1. The van der Waals surface area contributed by atoms with Gasteiger partial charge in [0, 0.05) is 45.1 Å². The van der Waals surface area contributed by atoms with Crippen molar-refractivity contribution in [2.45, 2.75) is 95.8 Å². The van der Waals surface area contributed by atoms with Gasteiger partial charge in [0.25, 0.3) is 11.8 Å². The third-order valence-electron chi connectivity index (χ3n) is 12.0. The van der Waals surface area contributed by atoms with E-state index in [9.17, 15) is 23.5 Å². The molecule has 7 nitrogen and oxygen atoms in total. The summed E-state index contributed by atoms with van der Waals surface area (Å²) in [4.78, 5) is 31.7. The van der Waals surface area contributed by atoms with Gasteiger partial charge in [-0.3, -0.25) is 14.6 Å². The van der Waals surface area contributed by atoms with Crippen LogP contribution in [0.25, 0.3) is 21.9 Å². The average molecular weight is 832 g/mol. The van der Waals surface area contributed by atoms with Crippen LogP contribution in [0.15, 0.2) is 72.8 Å². The van der Waals surface area contributed by atoms with E-state index in [4.69, 9.17) is 16.3 Å². The highest BCUT2D eigenvalue weighted by atomic mass is 35.5. The van der Waals surface area contributed by atoms with Crippen LogP contribution in [0.5, 0.6) is 5.75 Å². The van der Waals surface area contributed by atoms with Crippen molar-refractivity contribution in [1.29, 1.82) is 0 Å². The summed E-state index contributed by atoms with van der Waals surface area (Å²) in [6, 6.07) is 13.1. The van der Waals surface area contributed by atoms with E-state index in [-0.39, 0.29) is 32.4 Å². The van der Waals surface area contributed by atoms with Crippen molar-refractivity contribution >= 4 is 34.2 Å². The van der Waals surface area contributed by atoms with E-state index >= 15 is 13.2 Å². The standard InChI is InChI=1S/C45H55ClF5N3O4/c1-7-15-42(47)17-21-53(22-18-42)28-31-25-36(46)39(38(26-31)58-6)35-14-10-12-33-32(11-9-13-34(33)35)27-37(40(55)56)52(5)41(57)43(45(50,51)30(3)4)19-23-54(24-20-43)29-44(48,49)16-8-2/h7,9-15,25-26,37H,3,8,16-24,27-29H2,1-2,4-6H3,(H,55,56)/b15-7+/t37-/m0/s1. The van der Waals surface area contributed by atoms with Gasteiger partial charge in [-0.1, -0.05) is 80.1 Å². The number of alkyl halides is 5. The van der Waals surface area contributed by atoms with Crippen LogP contribution in [-0.4, -0.2) is 102 Å². The van der Waals surface area contributed by atoms with Gasteiger partial charge in [-0.05, 0) is 97.8 Å². The molecule has 1 N–H and O–H groups in total. The predicted molar refractivity (Wildman–Crippen MR) is 220 cm³/mol. The van der Waals surface area contributed by atoms with E-state index in [1.807, 2.05) is 37.3 Å². The lowest BCUT2D eigenvalue weighted by Crippen LogP contribution is -2.61. The number of carbonyl (C=O) groups excluding carboxylic acids is 1. The first-order valence-electron chi connectivity index (χ1n) is 19.9. The quantitative estimate of drug-likeness (QED) is 0.115. The van der Waals surface area contributed by atoms with Crippen molar-refractivity contribution in [3.8, 4) is 16.9 Å². The second-order valence-corrected chi connectivity index (χ2v) is 16.5. The van der Waals surface area contributed by atoms with Crippen LogP contribution in [-0.2, 0) is 22.6 Å². The molecule has 5 rings (SSSR count). The molecule has 1 atom stereocenters. The van der Waals surface area contributed by atoms with E-state index < -0.39 is 65.8 Å². The number of nitrogens with zero attached hydrogens (tertiary/aromatic N) is 3. The maximum Gasteiger partial charge on any atom is 0.326 e. The van der Waals surface area contributed by atoms with Crippen molar-refractivity contribution in [2.24, 2.45) is 5.41 Å². The highest BCUT2D eigenvalue weighted by molar-refractivity contribution is 6.34. The van der Waals surface area contributed by atoms with Gasteiger partial charge in [0.1, 0.15) is 22.9 Å². The Labute approximate surface area is 343 Å². The van der Waals surface area contributed by atoms with Crippen molar-refractivity contribution in [1.82, 2.24) is 14.7 Å². The summed E-state index contributed by atoms with van der Waals surface area (Å²) < 4.78 is 82.3. The van der Waals surface area contributed by atoms with Gasteiger partial charge in [-0.25, -0.2) is 26.7 Å². The number of likely N-dealkylation sites (N-methyl/N-ethyl adjacent to an activating group) is 1. The summed E-state index contributed by atoms with van der Waals surface area (Å²) in [6.07, 6.45) is 2.98. The summed E-state index contributed by atoms with van der Waals surface area (Å²) in [7, 11) is 2.76. The molecule has 0 unspecified atom stereocenters. The molecule has 2 fully saturated rings. The molecule has 0 radical (unpaired) electrons. The van der Waals surface area contributed by atoms with Crippen LogP contribution in [0, 0.1) is 5.41 Å². The zero-order chi connectivity index (χ0) is 42.6. The second kappa shape index (κ2) is 18.1. The molecule has 58 heavy (non-hydrogen) atoms. The van der Waals surface area contributed by atoms with Gasteiger partial charge in [0.2, 0.25) is 5.91 Å². The lowest BCUT2D eigenvalue weighted by Gasteiger charge is -2.47. The number of halogens is 6. The molecule has 3 aromatic carbocycles. The molecule has 2 aliphatic rings. The predicted octanol–water partition coefficient (Wildman–Crippen LogP) is 10.2. The summed E-state index contributed by atoms with van der Waals surface area (Å²) in [5.41, 5.74) is -1.45. The normalized spacial score (nSPS) is 18.3. The number of carbonyl (C=O) groups is 2. The van der Waals surface area contributed by atoms with Crippen molar-refractivity contribution in [3.63, 3.8) is 0 Å². The minimum atomic E-state index is -3.73. The summed E-state index contributed by atoms with van der Waals surface area (Å²) in [5, 5.41) is 12.3. The third kappa shape index (κ3) is 9.39. The first kappa shape index (κ1) is 45.1. The Bertz CT molecular complexity index is 2010. The van der Waals surface area contributed by atoms with Crippen LogP contribution >= 0.6 is 11.6 Å². The molecule has 2 saturated heterocycles. The van der Waals surface area contributed by atoms with E-state index in [0.717, 1.165) is 22.8 Å². The van der Waals surface area contributed by atoms with E-state index in [1.165, 1.54) is 11.9 Å². The number of aliphatic carboxylic acids is 1. The van der Waals surface area contributed by atoms with Crippen LogP contribution in [0.2, 0.25) is 5.02 Å². The molecular weight excluding hydrogens is 777 g/mol. The first-order chi connectivity index (χ1) is 27.3. The fourth-order valence-electron chi connectivity index (χ4n) is 8.74. The molecule has 3 aromatic rings. The van der Waals surface area contributed by atoms with E-state index in [1.54, 1.807) is 44.4 Å². The molecule has 316 valence electrons. The van der Waals surface area contributed by atoms with Gasteiger partial charge in [-0.15, -0.1) is 0 Å². The first-order valence-corrected chi connectivity index (χ1v) is 20.3. The van der Waals surface area contributed by atoms with Gasteiger partial charge in [-0.2, -0.15) is 0 Å². The highest BCUT2D eigenvalue weighted by Crippen LogP contribution is 2.51. The molecule has 0 spiro atoms. The number of methoxy groups -OCH3 is 1. The number of hydrogen-bond acceptors (Lipinski definition) is 5. The third-order valence-corrected chi connectivity index (χ3v) is 12.3. The highest BCUT2D eigenvalue weighted by Gasteiger charge is 2.61. The van der Waals surface area contributed by atoms with Gasteiger partial charge < -0.3 is 14.7 Å². The number of hydrogen-bond donors (Lipinski definition) is 1. The number of carboxylic acid groups (broad SMARTS) is 1. The zero-order valence-corrected chi connectivity index (χ0v) is 34.8. The maximum absolute atomic E-state index is 16.2. The molecule has 0 saturated carbocycles. The lowest BCUT2D eigenvalue weighted by molar-refractivity contribution is -0.178. The number of piperidine rings is 2. The number of ether oxygens (including phenoxy) is 1. The Hall–Kier alpha value is -4.00. The average Bonchev–Trinajstić information content (AvgIpc) is 3.17. The van der Waals surface area contributed by atoms with Crippen LogP contribution in [0.4, 0.5) is 22.0 Å². The minimum Gasteiger partial charge on any atom is -0.496 e. The van der Waals surface area contributed by atoms with Crippen LogP contribution in [0.1, 0.15) is 70.4 Å². The van der Waals surface area contributed by atoms with E-state index in [2.05, 4.69) is 11.5 Å². The largest absolute Gasteiger partial charge is 0.496 e. The molecule has 2 heterocycles. The molecule has 0 bridgehead atoms. The van der Waals surface area contributed by atoms with Crippen LogP contribution < -0.4 is 4.74 Å². The Morgan fingerprint density at radius 3 is 2.22 bits per heavy atom. The minimum absolute atomic E-state index is 0.187. The zero-order valence-electron chi connectivity index (χ0n) is 34.0. The van der Waals surface area contributed by atoms with Gasteiger partial charge in [0.05, 0.1) is 18.7 Å². The molecule has 0 aromatic heterocycles. The Kier molecular flexibility index (Phi) is 14.1. The number of likely N-dealkylation sites (tertiary alicyclic amines) is 2. The van der Waals surface area contributed by atoms with E-state index in [0.29, 0.717) is 65.3 Å². The Morgan fingerprint density at radius 2 is 1.64 bits per heavy atom. The van der Waals surface area contributed by atoms with Crippen molar-refractivity contribution in [3.05, 3.63) is 89.0 Å². The fourth-order valence-corrected chi connectivity index (χ4v) is 9.07. The number of benzene rings is 3. The van der Waals surface area contributed by atoms with Crippen molar-refractivity contribution < 1.29 is 41.4 Å². The van der Waals surface area contributed by atoms with Crippen molar-refractivity contribution in [2.75, 3.05) is 46.9 Å². The number of carboxylic acids is 1. The smallest absolute Gasteiger partial charge is 0.326 e. The topological polar surface area (TPSA) is 73.3 Å². The van der Waals surface area contributed by atoms with Gasteiger partial charge >= 0.3 is 5.97 Å². The number of amides is 1. The monoisotopic (exact) mass is 831 g/mol. The molecule has 1 amide bonds. The summed E-state index contributed by atoms with van der Waals surface area (Å²) >= 11 is 7.00. The molecule has 13 heteroatoms. The molecule has 2 aliphatic heterocycles. The Morgan fingerprint density at radius 1 is 1.02 bits per heavy atom.